The van der Waals surface area contributed by atoms with Crippen molar-refractivity contribution in [3.63, 3.8) is 0 Å². The highest BCUT2D eigenvalue weighted by molar-refractivity contribution is 5.94. The Labute approximate surface area is 104 Å². The second kappa shape index (κ2) is 5.68. The van der Waals surface area contributed by atoms with Crippen molar-refractivity contribution < 1.29 is 9.90 Å². The monoisotopic (exact) mass is 251 g/mol. The lowest BCUT2D eigenvalue weighted by Crippen LogP contribution is -2.27. The third kappa shape index (κ3) is 3.33. The predicted molar refractivity (Wildman–Crippen MR) is 66.7 cm³/mol. The van der Waals surface area contributed by atoms with Crippen LogP contribution in [0.25, 0.3) is 0 Å². The van der Waals surface area contributed by atoms with Gasteiger partial charge in [-0.15, -0.1) is 0 Å². The minimum absolute atomic E-state index is 0.181. The summed E-state index contributed by atoms with van der Waals surface area (Å²) in [6, 6.07) is 2.42. The Morgan fingerprint density at radius 3 is 3.00 bits per heavy atom. The van der Waals surface area contributed by atoms with Crippen LogP contribution in [0.3, 0.4) is 0 Å². The molecule has 0 aromatic carbocycles. The van der Waals surface area contributed by atoms with Gasteiger partial charge >= 0.3 is 0 Å². The fourth-order valence-corrected chi connectivity index (χ4v) is 2.11. The summed E-state index contributed by atoms with van der Waals surface area (Å²) in [5, 5.41) is 15.2. The zero-order chi connectivity index (χ0) is 13.0. The number of pyridine rings is 1. The molecule has 4 N–H and O–H groups in total. The number of aromatic hydroxyl groups is 1. The van der Waals surface area contributed by atoms with E-state index in [1.54, 1.807) is 0 Å². The van der Waals surface area contributed by atoms with Crippen molar-refractivity contribution in [1.29, 1.82) is 0 Å². The van der Waals surface area contributed by atoms with E-state index in [1.165, 1.54) is 12.1 Å². The van der Waals surface area contributed by atoms with Crippen LogP contribution in [0.2, 0.25) is 0 Å². The summed E-state index contributed by atoms with van der Waals surface area (Å²) < 4.78 is 0. The van der Waals surface area contributed by atoms with Crippen LogP contribution in [-0.4, -0.2) is 35.6 Å². The van der Waals surface area contributed by atoms with Gasteiger partial charge in [0.2, 0.25) is 0 Å². The van der Waals surface area contributed by atoms with Crippen molar-refractivity contribution in [2.24, 2.45) is 5.92 Å². The summed E-state index contributed by atoms with van der Waals surface area (Å²) in [6.45, 7) is 2.63. The molecule has 18 heavy (non-hydrogen) atoms. The van der Waals surface area contributed by atoms with Crippen molar-refractivity contribution in [2.75, 3.05) is 19.6 Å². The largest absolute Gasteiger partial charge is 0.494 e. The Morgan fingerprint density at radius 2 is 2.33 bits per heavy atom. The third-order valence-electron chi connectivity index (χ3n) is 3.09. The molecule has 1 saturated heterocycles. The first-order valence-electron chi connectivity index (χ1n) is 6.07. The van der Waals surface area contributed by atoms with Crippen LogP contribution in [0, 0.1) is 5.92 Å². The van der Waals surface area contributed by atoms with Gasteiger partial charge in [0.25, 0.3) is 11.5 Å². The number of rotatable bonds is 4. The number of hydrogen-bond donors (Lipinski definition) is 4. The average molecular weight is 251 g/mol. The van der Waals surface area contributed by atoms with Crippen LogP contribution in [0.15, 0.2) is 16.9 Å². The molecule has 1 aliphatic heterocycles. The molecular formula is C12H17N3O3. The molecule has 1 amide bonds. The van der Waals surface area contributed by atoms with E-state index >= 15 is 0 Å². The Balaban J connectivity index is 1.85. The number of amides is 1. The molecule has 2 heterocycles. The average Bonchev–Trinajstić information content (AvgIpc) is 2.80. The standard InChI is InChI=1S/C12H17N3O3/c16-10-5-9(6-11(17)15-10)12(18)14-4-2-8-1-3-13-7-8/h5-6,8,13H,1-4,7H2,(H,14,18)(H2,15,16,17). The van der Waals surface area contributed by atoms with Crippen molar-refractivity contribution in [3.8, 4) is 5.88 Å². The summed E-state index contributed by atoms with van der Waals surface area (Å²) in [5.74, 6) is -0.0205. The summed E-state index contributed by atoms with van der Waals surface area (Å²) in [5.41, 5.74) is -0.305. The fourth-order valence-electron chi connectivity index (χ4n) is 2.11. The SMILES string of the molecule is O=C(NCCC1CCNC1)c1cc(O)[nH]c(=O)c1. The Kier molecular flexibility index (Phi) is 3.99. The van der Waals surface area contributed by atoms with Gasteiger partial charge in [0.05, 0.1) is 5.56 Å². The predicted octanol–water partition coefficient (Wildman–Crippen LogP) is -0.190. The quantitative estimate of drug-likeness (QED) is 0.596. The topological polar surface area (TPSA) is 94.2 Å². The Bertz CT molecular complexity index is 478. The van der Waals surface area contributed by atoms with Crippen molar-refractivity contribution in [1.82, 2.24) is 15.6 Å². The van der Waals surface area contributed by atoms with Crippen molar-refractivity contribution in [2.45, 2.75) is 12.8 Å². The molecule has 0 aliphatic carbocycles. The van der Waals surface area contributed by atoms with Gasteiger partial charge in [-0.3, -0.25) is 14.6 Å². The van der Waals surface area contributed by atoms with Gasteiger partial charge in [0, 0.05) is 18.7 Å². The van der Waals surface area contributed by atoms with Gasteiger partial charge in [-0.25, -0.2) is 0 Å². The molecule has 1 aromatic heterocycles. The minimum Gasteiger partial charge on any atom is -0.494 e. The van der Waals surface area contributed by atoms with Crippen LogP contribution in [0.1, 0.15) is 23.2 Å². The smallest absolute Gasteiger partial charge is 0.251 e. The van der Waals surface area contributed by atoms with Gasteiger partial charge in [0.15, 0.2) is 5.88 Å². The molecule has 0 saturated carbocycles. The van der Waals surface area contributed by atoms with Crippen LogP contribution in [0.5, 0.6) is 5.88 Å². The number of aromatic amines is 1. The highest BCUT2D eigenvalue weighted by atomic mass is 16.3. The van der Waals surface area contributed by atoms with Crippen molar-refractivity contribution >= 4 is 5.91 Å². The zero-order valence-corrected chi connectivity index (χ0v) is 10.0. The molecule has 1 aromatic rings. The molecule has 1 atom stereocenters. The molecule has 0 radical (unpaired) electrons. The summed E-state index contributed by atoms with van der Waals surface area (Å²) in [7, 11) is 0. The molecule has 1 fully saturated rings. The van der Waals surface area contributed by atoms with E-state index in [9.17, 15) is 14.7 Å². The van der Waals surface area contributed by atoms with Crippen LogP contribution in [-0.2, 0) is 0 Å². The van der Waals surface area contributed by atoms with E-state index < -0.39 is 5.56 Å². The Morgan fingerprint density at radius 1 is 1.50 bits per heavy atom. The molecule has 0 bridgehead atoms. The van der Waals surface area contributed by atoms with Gasteiger partial charge in [-0.2, -0.15) is 0 Å². The first-order valence-corrected chi connectivity index (χ1v) is 6.07. The van der Waals surface area contributed by atoms with Crippen LogP contribution in [0.4, 0.5) is 0 Å². The highest BCUT2D eigenvalue weighted by Crippen LogP contribution is 2.11. The molecule has 98 valence electrons. The zero-order valence-electron chi connectivity index (χ0n) is 10.0. The van der Waals surface area contributed by atoms with E-state index in [0.29, 0.717) is 12.5 Å². The van der Waals surface area contributed by atoms with Gasteiger partial charge < -0.3 is 15.7 Å². The van der Waals surface area contributed by atoms with Crippen LogP contribution >= 0.6 is 0 Å². The van der Waals surface area contributed by atoms with Crippen molar-refractivity contribution in [3.05, 3.63) is 28.0 Å². The molecule has 6 nitrogen and oxygen atoms in total. The number of carbonyl (C=O) groups is 1. The molecule has 0 spiro atoms. The first kappa shape index (κ1) is 12.6. The number of H-pyrrole nitrogens is 1. The second-order valence-electron chi connectivity index (χ2n) is 4.52. The number of aromatic nitrogens is 1. The molecule has 6 heteroatoms. The lowest BCUT2D eigenvalue weighted by atomic mass is 10.1. The maximum absolute atomic E-state index is 11.7. The van der Waals surface area contributed by atoms with E-state index in [4.69, 9.17) is 0 Å². The molecule has 1 aliphatic rings. The van der Waals surface area contributed by atoms with E-state index in [-0.39, 0.29) is 17.4 Å². The van der Waals surface area contributed by atoms with Crippen LogP contribution < -0.4 is 16.2 Å². The molecule has 2 rings (SSSR count). The molecule has 1 unspecified atom stereocenters. The Hall–Kier alpha value is -1.82. The van der Waals surface area contributed by atoms with Gasteiger partial charge in [-0.1, -0.05) is 0 Å². The number of hydrogen-bond acceptors (Lipinski definition) is 4. The maximum atomic E-state index is 11.7. The third-order valence-corrected chi connectivity index (χ3v) is 3.09. The van der Waals surface area contributed by atoms with E-state index in [1.807, 2.05) is 0 Å². The van der Waals surface area contributed by atoms with Gasteiger partial charge in [0.1, 0.15) is 0 Å². The fraction of sp³-hybridized carbons (Fsp3) is 0.500. The highest BCUT2D eigenvalue weighted by Gasteiger charge is 2.14. The number of nitrogens with one attached hydrogen (secondary N) is 3. The minimum atomic E-state index is -0.486. The maximum Gasteiger partial charge on any atom is 0.251 e. The lowest BCUT2D eigenvalue weighted by molar-refractivity contribution is 0.0951. The summed E-state index contributed by atoms with van der Waals surface area (Å²) in [4.78, 5) is 25.0. The van der Waals surface area contributed by atoms with Gasteiger partial charge in [-0.05, 0) is 31.8 Å². The summed E-state index contributed by atoms with van der Waals surface area (Å²) >= 11 is 0. The first-order chi connectivity index (χ1) is 8.65. The second-order valence-corrected chi connectivity index (χ2v) is 4.52. The normalized spacial score (nSPS) is 18.8. The lowest BCUT2D eigenvalue weighted by Gasteiger charge is -2.09. The molecular weight excluding hydrogens is 234 g/mol. The number of carbonyl (C=O) groups excluding carboxylic acids is 1. The van der Waals surface area contributed by atoms with E-state index in [0.717, 1.165) is 25.9 Å². The summed E-state index contributed by atoms with van der Waals surface area (Å²) in [6.07, 6.45) is 2.07. The van der Waals surface area contributed by atoms with E-state index in [2.05, 4.69) is 15.6 Å².